The lowest BCUT2D eigenvalue weighted by molar-refractivity contribution is -0.154. The summed E-state index contributed by atoms with van der Waals surface area (Å²) in [6.07, 6.45) is -0.443. The number of hydrogen-bond donors (Lipinski definition) is 0. The van der Waals surface area contributed by atoms with E-state index in [0.29, 0.717) is 24.4 Å². The minimum Gasteiger partial charge on any atom is -0.467 e. The molecule has 3 rings (SSSR count). The maximum Gasteiger partial charge on any atom is 0.410 e. The molecule has 2 amide bonds. The van der Waals surface area contributed by atoms with E-state index in [9.17, 15) is 14.4 Å². The first-order valence-corrected chi connectivity index (χ1v) is 11.8. The van der Waals surface area contributed by atoms with Gasteiger partial charge in [0.25, 0.3) is 0 Å². The van der Waals surface area contributed by atoms with Crippen LogP contribution >= 0.6 is 23.2 Å². The number of amides is 2. The monoisotopic (exact) mass is 516 g/mol. The lowest BCUT2D eigenvalue weighted by Crippen LogP contribution is -2.62. The van der Waals surface area contributed by atoms with Crippen molar-refractivity contribution < 1.29 is 33.3 Å². The molecule has 1 aromatic carbocycles. The fourth-order valence-corrected chi connectivity index (χ4v) is 4.57. The lowest BCUT2D eigenvalue weighted by Gasteiger charge is -2.44. The van der Waals surface area contributed by atoms with Crippen LogP contribution in [0, 0.1) is 5.92 Å². The first-order valence-electron chi connectivity index (χ1n) is 11.0. The first-order chi connectivity index (χ1) is 16.0. The summed E-state index contributed by atoms with van der Waals surface area (Å²) in [5.41, 5.74) is -0.170. The summed E-state index contributed by atoms with van der Waals surface area (Å²) in [6.45, 7) is 7.93. The lowest BCUT2D eigenvalue weighted by atomic mass is 9.88. The van der Waals surface area contributed by atoms with Crippen LogP contribution in [0.2, 0.25) is 10.0 Å². The van der Waals surface area contributed by atoms with Crippen LogP contribution in [0.4, 0.5) is 4.79 Å². The highest BCUT2D eigenvalue weighted by atomic mass is 35.5. The van der Waals surface area contributed by atoms with Crippen molar-refractivity contribution in [2.75, 3.05) is 40.1 Å². The van der Waals surface area contributed by atoms with Gasteiger partial charge in [-0.1, -0.05) is 23.2 Å². The van der Waals surface area contributed by atoms with Gasteiger partial charge in [0.1, 0.15) is 17.3 Å². The number of halogens is 2. The Kier molecular flexibility index (Phi) is 8.21. The molecule has 2 heterocycles. The fraction of sp³-hybridized carbons (Fsp3) is 0.609. The SMILES string of the molecule is CCOC(=O)C1C(=O)N(C2CN(C(=O)OC(C)(C)C)C2)C[C@@H]1c1c(OCOC)ccc(Cl)c1Cl. The predicted octanol–water partition coefficient (Wildman–Crippen LogP) is 3.70. The normalized spacial score (nSPS) is 20.9. The number of ether oxygens (including phenoxy) is 4. The van der Waals surface area contributed by atoms with Crippen molar-refractivity contribution in [3.63, 3.8) is 0 Å². The van der Waals surface area contributed by atoms with Gasteiger partial charge < -0.3 is 28.7 Å². The van der Waals surface area contributed by atoms with E-state index in [-0.39, 0.29) is 41.9 Å². The van der Waals surface area contributed by atoms with Crippen LogP contribution in [0.15, 0.2) is 12.1 Å². The second kappa shape index (κ2) is 10.6. The fourth-order valence-electron chi connectivity index (χ4n) is 4.11. The molecule has 0 radical (unpaired) electrons. The molecule has 0 spiro atoms. The van der Waals surface area contributed by atoms with Gasteiger partial charge >= 0.3 is 12.1 Å². The van der Waals surface area contributed by atoms with Crippen LogP contribution in [0.3, 0.4) is 0 Å². The van der Waals surface area contributed by atoms with Gasteiger partial charge in [-0.3, -0.25) is 9.59 Å². The van der Waals surface area contributed by atoms with E-state index in [4.69, 9.17) is 42.1 Å². The topological polar surface area (TPSA) is 94.6 Å². The Morgan fingerprint density at radius 2 is 1.82 bits per heavy atom. The second-order valence-corrected chi connectivity index (χ2v) is 9.98. The zero-order valence-corrected chi connectivity index (χ0v) is 21.4. The largest absolute Gasteiger partial charge is 0.467 e. The highest BCUT2D eigenvalue weighted by Gasteiger charge is 2.52. The molecule has 0 saturated carbocycles. The number of methoxy groups -OCH3 is 1. The van der Waals surface area contributed by atoms with E-state index in [2.05, 4.69) is 0 Å². The standard InChI is InChI=1S/C23H30Cl2N2O7/c1-6-32-21(29)18-14(17-16(33-12-31-5)8-7-15(24)19(17)25)11-27(20(18)28)13-9-26(10-13)22(30)34-23(2,3)4/h7-8,13-14,18H,6,9-12H2,1-5H3/t14-,18?/m1/s1. The van der Waals surface area contributed by atoms with Gasteiger partial charge in [0, 0.05) is 38.2 Å². The van der Waals surface area contributed by atoms with Crippen molar-refractivity contribution in [1.29, 1.82) is 0 Å². The highest BCUT2D eigenvalue weighted by molar-refractivity contribution is 6.42. The minimum atomic E-state index is -1.11. The molecule has 2 saturated heterocycles. The van der Waals surface area contributed by atoms with Crippen molar-refractivity contribution >= 4 is 41.2 Å². The predicted molar refractivity (Wildman–Crippen MR) is 125 cm³/mol. The molecule has 2 atom stereocenters. The van der Waals surface area contributed by atoms with Gasteiger partial charge in [0.2, 0.25) is 5.91 Å². The van der Waals surface area contributed by atoms with Crippen molar-refractivity contribution in [2.24, 2.45) is 5.92 Å². The smallest absolute Gasteiger partial charge is 0.410 e. The zero-order chi connectivity index (χ0) is 25.2. The molecule has 1 aromatic rings. The molecule has 0 aromatic heterocycles. The van der Waals surface area contributed by atoms with Gasteiger partial charge in [0.05, 0.1) is 22.7 Å². The van der Waals surface area contributed by atoms with E-state index < -0.39 is 29.5 Å². The molecule has 34 heavy (non-hydrogen) atoms. The number of nitrogens with zero attached hydrogens (tertiary/aromatic N) is 2. The molecule has 2 aliphatic heterocycles. The number of esters is 1. The molecule has 9 nitrogen and oxygen atoms in total. The number of likely N-dealkylation sites (tertiary alicyclic amines) is 2. The molecule has 0 bridgehead atoms. The number of rotatable bonds is 7. The third-order valence-corrected chi connectivity index (χ3v) is 6.45. The number of carbonyl (C=O) groups is 3. The van der Waals surface area contributed by atoms with Crippen LogP contribution in [0.1, 0.15) is 39.2 Å². The van der Waals surface area contributed by atoms with E-state index in [0.717, 1.165) is 0 Å². The Balaban J connectivity index is 1.87. The molecule has 188 valence electrons. The first kappa shape index (κ1) is 26.4. The third kappa shape index (κ3) is 5.53. The third-order valence-electron chi connectivity index (χ3n) is 5.64. The minimum absolute atomic E-state index is 0.0487. The Morgan fingerprint density at radius 3 is 2.41 bits per heavy atom. The number of benzene rings is 1. The van der Waals surface area contributed by atoms with E-state index >= 15 is 0 Å². The summed E-state index contributed by atoms with van der Waals surface area (Å²) in [6, 6.07) is 2.95. The Hall–Kier alpha value is -2.23. The average molecular weight is 517 g/mol. The quantitative estimate of drug-likeness (QED) is 0.309. The van der Waals surface area contributed by atoms with Crippen molar-refractivity contribution in [2.45, 2.75) is 45.3 Å². The molecule has 0 aliphatic carbocycles. The van der Waals surface area contributed by atoms with Crippen LogP contribution in [-0.2, 0) is 23.8 Å². The van der Waals surface area contributed by atoms with Gasteiger partial charge in [-0.25, -0.2) is 4.79 Å². The van der Waals surface area contributed by atoms with E-state index in [1.54, 1.807) is 44.7 Å². The molecule has 11 heteroatoms. The molecular weight excluding hydrogens is 487 g/mol. The van der Waals surface area contributed by atoms with Gasteiger partial charge in [-0.05, 0) is 39.8 Å². The van der Waals surface area contributed by atoms with Gasteiger partial charge in [-0.2, -0.15) is 0 Å². The summed E-state index contributed by atoms with van der Waals surface area (Å²) in [5, 5.41) is 0.475. The average Bonchev–Trinajstić information content (AvgIpc) is 3.03. The Bertz CT molecular complexity index is 944. The van der Waals surface area contributed by atoms with Gasteiger partial charge in [0.15, 0.2) is 6.79 Å². The Morgan fingerprint density at radius 1 is 1.15 bits per heavy atom. The van der Waals surface area contributed by atoms with Crippen LogP contribution in [0.25, 0.3) is 0 Å². The maximum atomic E-state index is 13.4. The Labute approximate surface area is 209 Å². The molecule has 2 fully saturated rings. The van der Waals surface area contributed by atoms with Crippen LogP contribution < -0.4 is 4.74 Å². The summed E-state index contributed by atoms with van der Waals surface area (Å²) in [5.74, 6) is -2.42. The number of carbonyl (C=O) groups excluding carboxylic acids is 3. The van der Waals surface area contributed by atoms with Gasteiger partial charge in [-0.15, -0.1) is 0 Å². The highest BCUT2D eigenvalue weighted by Crippen LogP contribution is 2.46. The number of hydrogen-bond acceptors (Lipinski definition) is 7. The van der Waals surface area contributed by atoms with E-state index in [1.807, 2.05) is 0 Å². The molecular formula is C23H30Cl2N2O7. The second-order valence-electron chi connectivity index (χ2n) is 9.19. The molecule has 1 unspecified atom stereocenters. The molecule has 2 aliphatic rings. The summed E-state index contributed by atoms with van der Waals surface area (Å²) < 4.78 is 21.3. The summed E-state index contributed by atoms with van der Waals surface area (Å²) >= 11 is 12.8. The summed E-state index contributed by atoms with van der Waals surface area (Å²) in [4.78, 5) is 41.7. The zero-order valence-electron chi connectivity index (χ0n) is 19.9. The van der Waals surface area contributed by atoms with Crippen molar-refractivity contribution in [1.82, 2.24) is 9.80 Å². The van der Waals surface area contributed by atoms with E-state index in [1.165, 1.54) is 12.0 Å². The van der Waals surface area contributed by atoms with Crippen LogP contribution in [0.5, 0.6) is 5.75 Å². The molecule has 0 N–H and O–H groups in total. The van der Waals surface area contributed by atoms with Crippen LogP contribution in [-0.4, -0.2) is 79.6 Å². The van der Waals surface area contributed by atoms with Crippen molar-refractivity contribution in [3.05, 3.63) is 27.7 Å². The van der Waals surface area contributed by atoms with Crippen molar-refractivity contribution in [3.8, 4) is 5.75 Å². The summed E-state index contributed by atoms with van der Waals surface area (Å²) in [7, 11) is 1.48. The maximum absolute atomic E-state index is 13.4.